The van der Waals surface area contributed by atoms with Gasteiger partial charge in [-0.1, -0.05) is 36.3 Å². The second kappa shape index (κ2) is 7.77. The second-order valence-corrected chi connectivity index (χ2v) is 3.92. The van der Waals surface area contributed by atoms with E-state index in [2.05, 4.69) is 11.2 Å². The molecule has 1 aromatic carbocycles. The molecule has 2 N–H and O–H groups in total. The molecule has 0 aliphatic heterocycles. The molecule has 0 heterocycles. The number of hydrogen-bond acceptors (Lipinski definition) is 2. The predicted octanol–water partition coefficient (Wildman–Crippen LogP) is 0.958. The molecule has 0 atom stereocenters. The van der Waals surface area contributed by atoms with E-state index in [0.29, 0.717) is 13.0 Å². The maximum atomic E-state index is 11.7. The van der Waals surface area contributed by atoms with Crippen LogP contribution >= 0.6 is 0 Å². The Morgan fingerprint density at radius 3 is 2.58 bits per heavy atom. The molecule has 5 nitrogen and oxygen atoms in total. The largest absolute Gasteiger partial charge is 0.480 e. The van der Waals surface area contributed by atoms with Crippen molar-refractivity contribution in [2.24, 2.45) is 0 Å². The summed E-state index contributed by atoms with van der Waals surface area (Å²) >= 11 is 0. The minimum absolute atomic E-state index is 0.0243. The number of benzene rings is 1. The number of carboxylic acids is 1. The predicted molar refractivity (Wildman–Crippen MR) is 71.6 cm³/mol. The van der Waals surface area contributed by atoms with Crippen LogP contribution in [0.5, 0.6) is 0 Å². The van der Waals surface area contributed by atoms with Gasteiger partial charge in [-0.2, -0.15) is 0 Å². The van der Waals surface area contributed by atoms with Crippen LogP contribution in [-0.4, -0.2) is 41.6 Å². The minimum Gasteiger partial charge on any atom is -0.480 e. The van der Waals surface area contributed by atoms with Crippen LogP contribution in [0.15, 0.2) is 30.3 Å². The maximum Gasteiger partial charge on any atom is 0.323 e. The van der Waals surface area contributed by atoms with Crippen molar-refractivity contribution in [1.82, 2.24) is 10.2 Å². The zero-order valence-corrected chi connectivity index (χ0v) is 10.5. The second-order valence-electron chi connectivity index (χ2n) is 3.92. The van der Waals surface area contributed by atoms with E-state index in [1.807, 2.05) is 30.3 Å². The molecular weight excluding hydrogens is 244 g/mol. The Balaban J connectivity index is 2.40. The van der Waals surface area contributed by atoms with Gasteiger partial charge in [-0.15, -0.1) is 6.42 Å². The topological polar surface area (TPSA) is 69.6 Å². The minimum atomic E-state index is -1.09. The molecule has 5 heteroatoms. The van der Waals surface area contributed by atoms with Gasteiger partial charge in [0.1, 0.15) is 6.54 Å². The van der Waals surface area contributed by atoms with E-state index in [1.165, 1.54) is 0 Å². The maximum absolute atomic E-state index is 11.7. The van der Waals surface area contributed by atoms with E-state index in [-0.39, 0.29) is 6.54 Å². The van der Waals surface area contributed by atoms with Gasteiger partial charge < -0.3 is 15.3 Å². The summed E-state index contributed by atoms with van der Waals surface area (Å²) in [5, 5.41) is 11.3. The summed E-state index contributed by atoms with van der Waals surface area (Å²) in [7, 11) is 0. The van der Waals surface area contributed by atoms with Gasteiger partial charge in [-0.25, -0.2) is 4.79 Å². The summed E-state index contributed by atoms with van der Waals surface area (Å²) in [4.78, 5) is 23.4. The molecule has 1 rings (SSSR count). The number of amides is 2. The van der Waals surface area contributed by atoms with Gasteiger partial charge in [0.05, 0.1) is 6.54 Å². The van der Waals surface area contributed by atoms with Crippen LogP contribution in [0.3, 0.4) is 0 Å². The molecule has 0 saturated heterocycles. The molecule has 0 aliphatic rings. The van der Waals surface area contributed by atoms with Crippen molar-refractivity contribution in [1.29, 1.82) is 0 Å². The normalized spacial score (nSPS) is 9.42. The molecule has 19 heavy (non-hydrogen) atoms. The number of hydrogen-bond donors (Lipinski definition) is 2. The average Bonchev–Trinajstić information content (AvgIpc) is 2.39. The lowest BCUT2D eigenvalue weighted by Gasteiger charge is -2.18. The Hall–Kier alpha value is -2.48. The first-order chi connectivity index (χ1) is 9.13. The van der Waals surface area contributed by atoms with Crippen molar-refractivity contribution in [2.75, 3.05) is 19.6 Å². The third-order valence-electron chi connectivity index (χ3n) is 2.43. The lowest BCUT2D eigenvalue weighted by atomic mass is 10.1. The first kappa shape index (κ1) is 14.6. The standard InChI is InChI=1S/C14H16N2O3/c1-2-10-16(11-13(17)18)14(19)15-9-8-12-6-4-3-5-7-12/h1,3-7H,8-11H2,(H,15,19)(H,17,18). The molecule has 1 aromatic rings. The molecule has 0 aliphatic carbocycles. The van der Waals surface area contributed by atoms with E-state index < -0.39 is 18.5 Å². The van der Waals surface area contributed by atoms with Crippen molar-refractivity contribution in [2.45, 2.75) is 6.42 Å². The average molecular weight is 260 g/mol. The summed E-state index contributed by atoms with van der Waals surface area (Å²) in [6, 6.07) is 9.23. The van der Waals surface area contributed by atoms with E-state index in [4.69, 9.17) is 11.5 Å². The smallest absolute Gasteiger partial charge is 0.323 e. The summed E-state index contributed by atoms with van der Waals surface area (Å²) < 4.78 is 0. The van der Waals surface area contributed by atoms with Gasteiger partial charge in [0.2, 0.25) is 0 Å². The SMILES string of the molecule is C#CCN(CC(=O)O)C(=O)NCCc1ccccc1. The number of carbonyl (C=O) groups excluding carboxylic acids is 1. The number of carbonyl (C=O) groups is 2. The van der Waals surface area contributed by atoms with Gasteiger partial charge >= 0.3 is 12.0 Å². The molecular formula is C14H16N2O3. The zero-order valence-electron chi connectivity index (χ0n) is 10.5. The van der Waals surface area contributed by atoms with Crippen molar-refractivity contribution >= 4 is 12.0 Å². The number of rotatable bonds is 6. The van der Waals surface area contributed by atoms with Gasteiger partial charge in [0.25, 0.3) is 0 Å². The van der Waals surface area contributed by atoms with Crippen LogP contribution < -0.4 is 5.32 Å². The number of carboxylic acid groups (broad SMARTS) is 1. The molecule has 0 fully saturated rings. The Morgan fingerprint density at radius 1 is 1.32 bits per heavy atom. The van der Waals surface area contributed by atoms with E-state index in [9.17, 15) is 9.59 Å². The summed E-state index contributed by atoms with van der Waals surface area (Å²) in [5.74, 6) is 1.17. The lowest BCUT2D eigenvalue weighted by Crippen LogP contribution is -2.43. The van der Waals surface area contributed by atoms with Crippen LogP contribution in [0.2, 0.25) is 0 Å². The Bertz CT molecular complexity index is 465. The fourth-order valence-electron chi connectivity index (χ4n) is 1.54. The highest BCUT2D eigenvalue weighted by molar-refractivity contribution is 5.80. The third-order valence-corrected chi connectivity index (χ3v) is 2.43. The Morgan fingerprint density at radius 2 is 2.00 bits per heavy atom. The van der Waals surface area contributed by atoms with Crippen molar-refractivity contribution in [3.63, 3.8) is 0 Å². The van der Waals surface area contributed by atoms with Crippen LogP contribution in [0.1, 0.15) is 5.56 Å². The highest BCUT2D eigenvalue weighted by atomic mass is 16.4. The first-order valence-electron chi connectivity index (χ1n) is 5.85. The molecule has 0 spiro atoms. The van der Waals surface area contributed by atoms with Gasteiger partial charge in [0, 0.05) is 6.54 Å². The van der Waals surface area contributed by atoms with Crippen molar-refractivity contribution < 1.29 is 14.7 Å². The summed E-state index contributed by atoms with van der Waals surface area (Å²) in [6.07, 6.45) is 5.78. The highest BCUT2D eigenvalue weighted by Crippen LogP contribution is 1.98. The molecule has 0 saturated carbocycles. The van der Waals surface area contributed by atoms with Gasteiger partial charge in [-0.05, 0) is 12.0 Å². The van der Waals surface area contributed by atoms with E-state index in [1.54, 1.807) is 0 Å². The molecule has 0 aromatic heterocycles. The number of aliphatic carboxylic acids is 1. The van der Waals surface area contributed by atoms with Gasteiger partial charge in [0.15, 0.2) is 0 Å². The van der Waals surface area contributed by atoms with Crippen LogP contribution in [0, 0.1) is 12.3 Å². The first-order valence-corrected chi connectivity index (χ1v) is 5.85. The highest BCUT2D eigenvalue weighted by Gasteiger charge is 2.14. The fourth-order valence-corrected chi connectivity index (χ4v) is 1.54. The molecule has 100 valence electrons. The lowest BCUT2D eigenvalue weighted by molar-refractivity contribution is -0.137. The zero-order chi connectivity index (χ0) is 14.1. The number of terminal acetylenes is 1. The summed E-state index contributed by atoms with van der Waals surface area (Å²) in [6.45, 7) is 0.00831. The van der Waals surface area contributed by atoms with Crippen molar-refractivity contribution in [3.05, 3.63) is 35.9 Å². The quantitative estimate of drug-likeness (QED) is 0.748. The Labute approximate surface area is 112 Å². The van der Waals surface area contributed by atoms with Crippen molar-refractivity contribution in [3.8, 4) is 12.3 Å². The van der Waals surface area contributed by atoms with Crippen LogP contribution in [0.4, 0.5) is 4.79 Å². The molecule has 0 unspecified atom stereocenters. The van der Waals surface area contributed by atoms with Gasteiger partial charge in [-0.3, -0.25) is 4.79 Å². The molecule has 0 radical (unpaired) electrons. The summed E-state index contributed by atoms with van der Waals surface area (Å²) in [5.41, 5.74) is 1.10. The number of urea groups is 1. The molecule has 0 bridgehead atoms. The molecule has 2 amide bonds. The third kappa shape index (κ3) is 5.59. The fraction of sp³-hybridized carbons (Fsp3) is 0.286. The van der Waals surface area contributed by atoms with E-state index >= 15 is 0 Å². The van der Waals surface area contributed by atoms with Crippen LogP contribution in [0.25, 0.3) is 0 Å². The monoisotopic (exact) mass is 260 g/mol. The van der Waals surface area contributed by atoms with Crippen LogP contribution in [-0.2, 0) is 11.2 Å². The number of nitrogens with one attached hydrogen (secondary N) is 1. The number of nitrogens with zero attached hydrogens (tertiary/aromatic N) is 1. The van der Waals surface area contributed by atoms with E-state index in [0.717, 1.165) is 10.5 Å². The Kier molecular flexibility index (Phi) is 5.96.